The van der Waals surface area contributed by atoms with Crippen molar-refractivity contribution in [3.05, 3.63) is 60.2 Å². The second-order valence-electron chi connectivity index (χ2n) is 8.04. The number of fused-ring (bicyclic) bond motifs is 2. The number of carbonyl (C=O) groups excluding carboxylic acids is 1. The Hall–Kier alpha value is -3.12. The van der Waals surface area contributed by atoms with Gasteiger partial charge in [-0.2, -0.15) is 0 Å². The number of piperidine rings is 1. The fraction of sp³-hybridized carbons (Fsp3) is 0.304. The topological polar surface area (TPSA) is 68.6 Å². The molecule has 2 N–H and O–H groups in total. The van der Waals surface area contributed by atoms with E-state index >= 15 is 0 Å². The molecule has 1 aliphatic heterocycles. The van der Waals surface area contributed by atoms with Crippen molar-refractivity contribution in [3.63, 3.8) is 0 Å². The summed E-state index contributed by atoms with van der Waals surface area (Å²) in [5.74, 6) is 0.0750. The number of benzene rings is 1. The van der Waals surface area contributed by atoms with Gasteiger partial charge in [0, 0.05) is 37.9 Å². The molecule has 4 aromatic rings. The summed E-state index contributed by atoms with van der Waals surface area (Å²) >= 11 is 0. The quantitative estimate of drug-likeness (QED) is 0.573. The van der Waals surface area contributed by atoms with E-state index in [4.69, 9.17) is 5.73 Å². The molecule has 0 bridgehead atoms. The van der Waals surface area contributed by atoms with Gasteiger partial charge in [0.2, 0.25) is 0 Å². The summed E-state index contributed by atoms with van der Waals surface area (Å²) in [6.07, 6.45) is 5.54. The summed E-state index contributed by atoms with van der Waals surface area (Å²) in [4.78, 5) is 19.6. The van der Waals surface area contributed by atoms with Gasteiger partial charge >= 0.3 is 0 Å². The van der Waals surface area contributed by atoms with Crippen LogP contribution in [-0.2, 0) is 7.05 Å². The Morgan fingerprint density at radius 3 is 2.69 bits per heavy atom. The Balaban J connectivity index is 1.59. The molecule has 0 aliphatic carbocycles. The molecule has 0 radical (unpaired) electrons. The summed E-state index contributed by atoms with van der Waals surface area (Å²) in [7, 11) is 2.01. The molecule has 1 fully saturated rings. The third-order valence-electron chi connectivity index (χ3n) is 6.10. The average molecular weight is 387 g/mol. The molecule has 6 nitrogen and oxygen atoms in total. The molecular formula is C23H25N5O. The second kappa shape index (κ2) is 6.74. The number of rotatable bonds is 2. The van der Waals surface area contributed by atoms with Crippen molar-refractivity contribution in [2.45, 2.75) is 25.8 Å². The number of likely N-dealkylation sites (tertiary alicyclic amines) is 1. The zero-order chi connectivity index (χ0) is 20.1. The van der Waals surface area contributed by atoms with Gasteiger partial charge in [-0.3, -0.25) is 4.79 Å². The van der Waals surface area contributed by atoms with E-state index in [1.807, 2.05) is 51.6 Å². The number of hydrogen-bond donors (Lipinski definition) is 1. The molecule has 1 aromatic carbocycles. The van der Waals surface area contributed by atoms with E-state index in [0.717, 1.165) is 53.6 Å². The van der Waals surface area contributed by atoms with Crippen molar-refractivity contribution < 1.29 is 4.79 Å². The van der Waals surface area contributed by atoms with E-state index < -0.39 is 0 Å². The highest BCUT2D eigenvalue weighted by molar-refractivity contribution is 5.96. The van der Waals surface area contributed by atoms with Crippen LogP contribution in [0.4, 0.5) is 0 Å². The Kier molecular flexibility index (Phi) is 4.17. The van der Waals surface area contributed by atoms with Crippen LogP contribution in [0.2, 0.25) is 0 Å². The Morgan fingerprint density at radius 2 is 1.90 bits per heavy atom. The van der Waals surface area contributed by atoms with Crippen molar-refractivity contribution in [1.29, 1.82) is 0 Å². The van der Waals surface area contributed by atoms with Crippen molar-refractivity contribution in [1.82, 2.24) is 18.9 Å². The lowest BCUT2D eigenvalue weighted by Crippen LogP contribution is -2.43. The highest BCUT2D eigenvalue weighted by Gasteiger charge is 2.24. The molecule has 0 saturated carbocycles. The van der Waals surface area contributed by atoms with Gasteiger partial charge in [0.1, 0.15) is 5.69 Å². The fourth-order valence-corrected chi connectivity index (χ4v) is 4.37. The normalized spacial score (nSPS) is 15.5. The molecule has 29 heavy (non-hydrogen) atoms. The number of pyridine rings is 1. The van der Waals surface area contributed by atoms with Gasteiger partial charge in [0.05, 0.1) is 22.9 Å². The number of amides is 1. The number of aromatic nitrogens is 3. The molecule has 0 unspecified atom stereocenters. The van der Waals surface area contributed by atoms with Gasteiger partial charge in [-0.25, -0.2) is 4.98 Å². The van der Waals surface area contributed by atoms with Crippen molar-refractivity contribution in [3.8, 4) is 11.1 Å². The molecule has 4 heterocycles. The van der Waals surface area contributed by atoms with Crippen LogP contribution in [0.1, 0.15) is 28.9 Å². The molecule has 1 aliphatic rings. The third-order valence-corrected chi connectivity index (χ3v) is 6.10. The highest BCUT2D eigenvalue weighted by atomic mass is 16.2. The molecule has 6 heteroatoms. The molecular weight excluding hydrogens is 362 g/mol. The Morgan fingerprint density at radius 1 is 1.10 bits per heavy atom. The van der Waals surface area contributed by atoms with Crippen LogP contribution in [0.25, 0.3) is 27.7 Å². The smallest absolute Gasteiger partial charge is 0.270 e. The van der Waals surface area contributed by atoms with Crippen molar-refractivity contribution in [2.75, 3.05) is 13.1 Å². The molecule has 1 saturated heterocycles. The summed E-state index contributed by atoms with van der Waals surface area (Å²) in [6.45, 7) is 3.57. The van der Waals surface area contributed by atoms with Crippen LogP contribution < -0.4 is 5.73 Å². The maximum atomic E-state index is 13.1. The SMILES string of the molecule is Cc1cc2c(cc1-c1cccn3c(C(=O)N4CCC(N)CC4)ccc13)ncn2C. The number of imidazole rings is 1. The van der Waals surface area contributed by atoms with Gasteiger partial charge in [0.25, 0.3) is 5.91 Å². The zero-order valence-electron chi connectivity index (χ0n) is 16.8. The van der Waals surface area contributed by atoms with E-state index in [0.29, 0.717) is 5.69 Å². The fourth-order valence-electron chi connectivity index (χ4n) is 4.37. The van der Waals surface area contributed by atoms with E-state index in [1.165, 1.54) is 5.56 Å². The third kappa shape index (κ3) is 2.91. The number of carbonyl (C=O) groups is 1. The summed E-state index contributed by atoms with van der Waals surface area (Å²) in [5.41, 5.74) is 13.3. The second-order valence-corrected chi connectivity index (χ2v) is 8.04. The zero-order valence-corrected chi connectivity index (χ0v) is 16.8. The average Bonchev–Trinajstić information content (AvgIpc) is 3.31. The first-order chi connectivity index (χ1) is 14.0. The lowest BCUT2D eigenvalue weighted by atomic mass is 9.99. The van der Waals surface area contributed by atoms with Gasteiger partial charge < -0.3 is 19.6 Å². The van der Waals surface area contributed by atoms with E-state index in [-0.39, 0.29) is 11.9 Å². The number of nitrogens with two attached hydrogens (primary N) is 1. The van der Waals surface area contributed by atoms with Gasteiger partial charge in [0.15, 0.2) is 0 Å². The predicted octanol–water partition coefficient (Wildman–Crippen LogP) is 3.36. The monoisotopic (exact) mass is 387 g/mol. The Bertz CT molecular complexity index is 1230. The van der Waals surface area contributed by atoms with E-state index in [2.05, 4.69) is 30.1 Å². The Labute approximate surface area is 169 Å². The first-order valence-electron chi connectivity index (χ1n) is 10.1. The van der Waals surface area contributed by atoms with E-state index in [9.17, 15) is 4.79 Å². The van der Waals surface area contributed by atoms with Crippen LogP contribution in [0, 0.1) is 6.92 Å². The number of hydrogen-bond acceptors (Lipinski definition) is 3. The molecule has 0 atom stereocenters. The first kappa shape index (κ1) is 17.9. The molecule has 1 amide bonds. The lowest BCUT2D eigenvalue weighted by molar-refractivity contribution is 0.0708. The van der Waals surface area contributed by atoms with Crippen LogP contribution in [0.15, 0.2) is 48.9 Å². The molecule has 0 spiro atoms. The van der Waals surface area contributed by atoms with Gasteiger partial charge in [-0.1, -0.05) is 6.07 Å². The summed E-state index contributed by atoms with van der Waals surface area (Å²) < 4.78 is 4.04. The minimum atomic E-state index is 0.0750. The first-order valence-corrected chi connectivity index (χ1v) is 10.1. The minimum Gasteiger partial charge on any atom is -0.337 e. The van der Waals surface area contributed by atoms with Crippen LogP contribution >= 0.6 is 0 Å². The minimum absolute atomic E-state index is 0.0750. The number of nitrogens with zero attached hydrogens (tertiary/aromatic N) is 4. The molecule has 3 aromatic heterocycles. The lowest BCUT2D eigenvalue weighted by Gasteiger charge is -2.30. The standard InChI is InChI=1S/C23H25N5O/c1-15-12-22-19(25-14-26(22)2)13-18(15)17-4-3-9-28-20(17)5-6-21(28)23(29)27-10-7-16(24)8-11-27/h3-6,9,12-14,16H,7-8,10-11,24H2,1-2H3. The van der Waals surface area contributed by atoms with Crippen LogP contribution in [0.5, 0.6) is 0 Å². The van der Waals surface area contributed by atoms with Gasteiger partial charge in [-0.05, 0) is 61.2 Å². The van der Waals surface area contributed by atoms with E-state index in [1.54, 1.807) is 0 Å². The van der Waals surface area contributed by atoms with Gasteiger partial charge in [-0.15, -0.1) is 0 Å². The molecule has 148 valence electrons. The summed E-state index contributed by atoms with van der Waals surface area (Å²) in [5, 5.41) is 0. The molecule has 5 rings (SSSR count). The highest BCUT2D eigenvalue weighted by Crippen LogP contribution is 2.32. The van der Waals surface area contributed by atoms with Crippen LogP contribution in [0.3, 0.4) is 0 Å². The maximum absolute atomic E-state index is 13.1. The number of aryl methyl sites for hydroxylation is 2. The maximum Gasteiger partial charge on any atom is 0.270 e. The summed E-state index contributed by atoms with van der Waals surface area (Å²) in [6, 6.07) is 12.6. The van der Waals surface area contributed by atoms with Crippen LogP contribution in [-0.4, -0.2) is 43.9 Å². The predicted molar refractivity (Wildman–Crippen MR) is 115 cm³/mol. The van der Waals surface area contributed by atoms with Crippen molar-refractivity contribution >= 4 is 22.5 Å². The largest absolute Gasteiger partial charge is 0.337 e. The van der Waals surface area contributed by atoms with Crippen molar-refractivity contribution in [2.24, 2.45) is 12.8 Å².